The van der Waals surface area contributed by atoms with Crippen LogP contribution in [-0.2, 0) is 10.0 Å². The quantitative estimate of drug-likeness (QED) is 0.729. The third kappa shape index (κ3) is 2.27. The van der Waals surface area contributed by atoms with Gasteiger partial charge < -0.3 is 5.73 Å². The van der Waals surface area contributed by atoms with E-state index in [4.69, 9.17) is 5.73 Å². The van der Waals surface area contributed by atoms with Crippen LogP contribution in [0.1, 0.15) is 26.7 Å². The van der Waals surface area contributed by atoms with E-state index in [1.807, 2.05) is 0 Å². The van der Waals surface area contributed by atoms with Crippen LogP contribution in [0.2, 0.25) is 0 Å². The van der Waals surface area contributed by atoms with E-state index in [1.54, 1.807) is 20.9 Å². The maximum absolute atomic E-state index is 11.7. The largest absolute Gasteiger partial charge is 0.330 e. The summed E-state index contributed by atoms with van der Waals surface area (Å²) in [5.74, 6) is 0. The lowest BCUT2D eigenvalue weighted by molar-refractivity contribution is 0.369. The Hall–Kier alpha value is -0.130. The molecule has 1 saturated carbocycles. The molecule has 4 nitrogen and oxygen atoms in total. The van der Waals surface area contributed by atoms with Crippen molar-refractivity contribution in [3.63, 3.8) is 0 Å². The van der Waals surface area contributed by atoms with E-state index < -0.39 is 10.0 Å². The Morgan fingerprint density at radius 2 is 1.93 bits per heavy atom. The summed E-state index contributed by atoms with van der Waals surface area (Å²) in [7, 11) is -1.46. The molecule has 2 N–H and O–H groups in total. The molecule has 84 valence electrons. The Labute approximate surface area is 86.5 Å². The molecule has 0 aliphatic heterocycles. The van der Waals surface area contributed by atoms with Gasteiger partial charge in [-0.1, -0.05) is 0 Å². The predicted molar refractivity (Wildman–Crippen MR) is 57.4 cm³/mol. The highest BCUT2D eigenvalue weighted by Crippen LogP contribution is 2.45. The molecule has 0 bridgehead atoms. The third-order valence-corrected chi connectivity index (χ3v) is 5.17. The van der Waals surface area contributed by atoms with Crippen LogP contribution < -0.4 is 5.73 Å². The monoisotopic (exact) mass is 220 g/mol. The van der Waals surface area contributed by atoms with E-state index >= 15 is 0 Å². The van der Waals surface area contributed by atoms with E-state index in [1.165, 1.54) is 4.31 Å². The summed E-state index contributed by atoms with van der Waals surface area (Å²) in [6, 6.07) is 0. The Morgan fingerprint density at radius 1 is 1.43 bits per heavy atom. The number of rotatable bonds is 5. The van der Waals surface area contributed by atoms with Crippen molar-refractivity contribution in [2.24, 2.45) is 11.1 Å². The Bertz CT molecular complexity index is 294. The Kier molecular flexibility index (Phi) is 3.23. The minimum atomic E-state index is -3.10. The number of nitrogens with zero attached hydrogens (tertiary/aromatic N) is 1. The van der Waals surface area contributed by atoms with Crippen LogP contribution in [0.4, 0.5) is 0 Å². The minimum Gasteiger partial charge on any atom is -0.330 e. The normalized spacial score (nSPS) is 20.4. The number of hydrogen-bond donors (Lipinski definition) is 1. The first-order valence-electron chi connectivity index (χ1n) is 4.99. The van der Waals surface area contributed by atoms with Gasteiger partial charge in [0.25, 0.3) is 0 Å². The van der Waals surface area contributed by atoms with Gasteiger partial charge in [0.1, 0.15) is 0 Å². The molecule has 0 amide bonds. The fraction of sp³-hybridized carbons (Fsp3) is 1.00. The van der Waals surface area contributed by atoms with Gasteiger partial charge in [-0.05, 0) is 38.6 Å². The van der Waals surface area contributed by atoms with E-state index in [0.29, 0.717) is 13.1 Å². The fourth-order valence-electron chi connectivity index (χ4n) is 1.53. The number of sulfonamides is 1. The lowest BCUT2D eigenvalue weighted by Gasteiger charge is -2.24. The van der Waals surface area contributed by atoms with Crippen LogP contribution in [0.3, 0.4) is 0 Å². The molecule has 0 saturated heterocycles. The Morgan fingerprint density at radius 3 is 2.21 bits per heavy atom. The molecule has 0 spiro atoms. The second kappa shape index (κ2) is 3.79. The standard InChI is InChI=1S/C9H20N2O2S/c1-8(2)14(12,13)11(3)7-9(6-10)4-5-9/h8H,4-7,10H2,1-3H3. The van der Waals surface area contributed by atoms with Gasteiger partial charge in [0.15, 0.2) is 0 Å². The lowest BCUT2D eigenvalue weighted by Crippen LogP contribution is -2.39. The van der Waals surface area contributed by atoms with Gasteiger partial charge in [-0.25, -0.2) is 12.7 Å². The van der Waals surface area contributed by atoms with Crippen molar-refractivity contribution in [3.8, 4) is 0 Å². The SMILES string of the molecule is CC(C)S(=O)(=O)N(C)CC1(CN)CC1. The molecule has 0 radical (unpaired) electrons. The fourth-order valence-corrected chi connectivity index (χ4v) is 2.70. The summed E-state index contributed by atoms with van der Waals surface area (Å²) in [6.07, 6.45) is 2.11. The second-order valence-electron chi connectivity index (χ2n) is 4.55. The zero-order valence-electron chi connectivity index (χ0n) is 9.16. The maximum Gasteiger partial charge on any atom is 0.216 e. The first kappa shape index (κ1) is 11.9. The summed E-state index contributed by atoms with van der Waals surface area (Å²) >= 11 is 0. The molecule has 5 heteroatoms. The summed E-state index contributed by atoms with van der Waals surface area (Å²) < 4.78 is 24.9. The van der Waals surface area contributed by atoms with Crippen LogP contribution >= 0.6 is 0 Å². The summed E-state index contributed by atoms with van der Waals surface area (Å²) in [4.78, 5) is 0. The molecule has 1 rings (SSSR count). The topological polar surface area (TPSA) is 63.4 Å². The Balaban J connectivity index is 2.63. The van der Waals surface area contributed by atoms with E-state index in [0.717, 1.165) is 12.8 Å². The van der Waals surface area contributed by atoms with Crippen LogP contribution in [0.25, 0.3) is 0 Å². The van der Waals surface area contributed by atoms with Gasteiger partial charge in [0.05, 0.1) is 5.25 Å². The number of hydrogen-bond acceptors (Lipinski definition) is 3. The van der Waals surface area contributed by atoms with Crippen molar-refractivity contribution >= 4 is 10.0 Å². The molecule has 0 aromatic carbocycles. The van der Waals surface area contributed by atoms with Crippen molar-refractivity contribution in [2.75, 3.05) is 20.1 Å². The highest BCUT2D eigenvalue weighted by molar-refractivity contribution is 7.89. The summed E-state index contributed by atoms with van der Waals surface area (Å²) in [5, 5.41) is -0.346. The zero-order valence-corrected chi connectivity index (χ0v) is 9.97. The average Bonchev–Trinajstić information content (AvgIpc) is 2.85. The minimum absolute atomic E-state index is 0.0801. The first-order valence-corrected chi connectivity index (χ1v) is 6.50. The number of nitrogens with two attached hydrogens (primary N) is 1. The molecule has 1 aliphatic carbocycles. The van der Waals surface area contributed by atoms with Crippen LogP contribution in [0.15, 0.2) is 0 Å². The molecule has 0 atom stereocenters. The zero-order chi connectivity index (χ0) is 11.0. The van der Waals surface area contributed by atoms with Gasteiger partial charge >= 0.3 is 0 Å². The molecule has 1 aliphatic rings. The van der Waals surface area contributed by atoms with Crippen LogP contribution in [0, 0.1) is 5.41 Å². The lowest BCUT2D eigenvalue weighted by atomic mass is 10.1. The maximum atomic E-state index is 11.7. The van der Waals surface area contributed by atoms with Gasteiger partial charge in [0.2, 0.25) is 10.0 Å². The van der Waals surface area contributed by atoms with Gasteiger partial charge in [-0.15, -0.1) is 0 Å². The van der Waals surface area contributed by atoms with Crippen molar-refractivity contribution in [1.82, 2.24) is 4.31 Å². The molecule has 1 fully saturated rings. The molecule has 14 heavy (non-hydrogen) atoms. The van der Waals surface area contributed by atoms with Crippen molar-refractivity contribution in [3.05, 3.63) is 0 Å². The molecule has 0 heterocycles. The van der Waals surface area contributed by atoms with Crippen molar-refractivity contribution in [2.45, 2.75) is 31.9 Å². The molecule has 0 aromatic rings. The first-order chi connectivity index (χ1) is 6.34. The van der Waals surface area contributed by atoms with Crippen LogP contribution in [-0.4, -0.2) is 38.1 Å². The van der Waals surface area contributed by atoms with Gasteiger partial charge in [0, 0.05) is 13.6 Å². The third-order valence-electron chi connectivity index (χ3n) is 2.98. The smallest absolute Gasteiger partial charge is 0.216 e. The average molecular weight is 220 g/mol. The van der Waals surface area contributed by atoms with E-state index in [9.17, 15) is 8.42 Å². The molecule has 0 aromatic heterocycles. The van der Waals surface area contributed by atoms with E-state index in [-0.39, 0.29) is 10.7 Å². The van der Waals surface area contributed by atoms with E-state index in [2.05, 4.69) is 0 Å². The van der Waals surface area contributed by atoms with Gasteiger partial charge in [-0.3, -0.25) is 0 Å². The summed E-state index contributed by atoms with van der Waals surface area (Å²) in [6.45, 7) is 4.57. The van der Waals surface area contributed by atoms with Gasteiger partial charge in [-0.2, -0.15) is 0 Å². The molecular formula is C9H20N2O2S. The highest BCUT2D eigenvalue weighted by atomic mass is 32.2. The van der Waals surface area contributed by atoms with Crippen molar-refractivity contribution in [1.29, 1.82) is 0 Å². The molecular weight excluding hydrogens is 200 g/mol. The molecule has 0 unspecified atom stereocenters. The second-order valence-corrected chi connectivity index (χ2v) is 7.15. The summed E-state index contributed by atoms with van der Waals surface area (Å²) in [5.41, 5.74) is 5.70. The van der Waals surface area contributed by atoms with Crippen molar-refractivity contribution < 1.29 is 8.42 Å². The highest BCUT2D eigenvalue weighted by Gasteiger charge is 2.44. The van der Waals surface area contributed by atoms with Crippen LogP contribution in [0.5, 0.6) is 0 Å². The predicted octanol–water partition coefficient (Wildman–Crippen LogP) is 0.395.